The summed E-state index contributed by atoms with van der Waals surface area (Å²) in [6.07, 6.45) is 1.58. The summed E-state index contributed by atoms with van der Waals surface area (Å²) in [6, 6.07) is 17.0. The fourth-order valence-electron chi connectivity index (χ4n) is 2.72. The maximum absolute atomic E-state index is 12.5. The highest BCUT2D eigenvalue weighted by Gasteiger charge is 2.11. The molecule has 0 saturated carbocycles. The molecule has 0 aliphatic carbocycles. The van der Waals surface area contributed by atoms with Crippen molar-refractivity contribution in [3.05, 3.63) is 72.1 Å². The Labute approximate surface area is 173 Å². The maximum atomic E-state index is 12.5. The Morgan fingerprint density at radius 1 is 1.14 bits per heavy atom. The molecule has 1 atom stereocenters. The van der Waals surface area contributed by atoms with Crippen molar-refractivity contribution < 1.29 is 9.59 Å². The predicted molar refractivity (Wildman–Crippen MR) is 114 cm³/mol. The van der Waals surface area contributed by atoms with Gasteiger partial charge in [0.25, 0.3) is 5.91 Å². The van der Waals surface area contributed by atoms with E-state index in [2.05, 4.69) is 27.8 Å². The van der Waals surface area contributed by atoms with Gasteiger partial charge in [-0.1, -0.05) is 55.1 Å². The van der Waals surface area contributed by atoms with Gasteiger partial charge in [0.1, 0.15) is 6.33 Å². The summed E-state index contributed by atoms with van der Waals surface area (Å²) >= 11 is 1.30. The van der Waals surface area contributed by atoms with Crippen LogP contribution >= 0.6 is 11.8 Å². The van der Waals surface area contributed by atoms with E-state index in [1.807, 2.05) is 37.4 Å². The zero-order chi connectivity index (χ0) is 20.6. The first-order valence-corrected chi connectivity index (χ1v) is 10.2. The molecule has 2 amide bonds. The number of rotatable bonds is 8. The quantitative estimate of drug-likeness (QED) is 0.558. The number of aryl methyl sites for hydroxylation is 1. The van der Waals surface area contributed by atoms with Crippen LogP contribution in [0.1, 0.15) is 28.8 Å². The Balaban J connectivity index is 1.52. The fraction of sp³-hybridized carbons (Fsp3) is 0.238. The topological polar surface area (TPSA) is 88.9 Å². The second-order valence-electron chi connectivity index (χ2n) is 6.66. The lowest BCUT2D eigenvalue weighted by atomic mass is 10.0. The van der Waals surface area contributed by atoms with Crippen LogP contribution in [0.15, 0.2) is 66.1 Å². The highest BCUT2D eigenvalue weighted by Crippen LogP contribution is 2.16. The fourth-order valence-corrected chi connectivity index (χ4v) is 3.40. The molecule has 0 saturated heterocycles. The van der Waals surface area contributed by atoms with Crippen molar-refractivity contribution >= 4 is 29.3 Å². The van der Waals surface area contributed by atoms with Crippen LogP contribution in [0.25, 0.3) is 0 Å². The van der Waals surface area contributed by atoms with Crippen molar-refractivity contribution in [2.75, 3.05) is 17.6 Å². The predicted octanol–water partition coefficient (Wildman–Crippen LogP) is 3.08. The van der Waals surface area contributed by atoms with Crippen LogP contribution in [0.2, 0.25) is 0 Å². The highest BCUT2D eigenvalue weighted by molar-refractivity contribution is 7.99. The highest BCUT2D eigenvalue weighted by atomic mass is 32.2. The third kappa shape index (κ3) is 5.92. The average Bonchev–Trinajstić information content (AvgIpc) is 3.15. The Bertz CT molecular complexity index is 974. The average molecular weight is 410 g/mol. The normalized spacial score (nSPS) is 11.7. The van der Waals surface area contributed by atoms with E-state index in [1.54, 1.807) is 35.2 Å². The van der Waals surface area contributed by atoms with Crippen LogP contribution < -0.4 is 10.6 Å². The van der Waals surface area contributed by atoms with Crippen LogP contribution in [0.4, 0.5) is 5.69 Å². The molecule has 0 radical (unpaired) electrons. The minimum Gasteiger partial charge on any atom is -0.351 e. The number of hydrogen-bond acceptors (Lipinski definition) is 5. The minimum atomic E-state index is -0.173. The molecular weight excluding hydrogens is 386 g/mol. The Hall–Kier alpha value is -3.13. The summed E-state index contributed by atoms with van der Waals surface area (Å²) in [6.45, 7) is 2.61. The van der Waals surface area contributed by atoms with Crippen molar-refractivity contribution in [1.29, 1.82) is 0 Å². The molecule has 0 aliphatic rings. The van der Waals surface area contributed by atoms with Crippen LogP contribution in [-0.2, 0) is 11.8 Å². The minimum absolute atomic E-state index is 0.169. The van der Waals surface area contributed by atoms with Gasteiger partial charge in [0, 0.05) is 24.8 Å². The summed E-state index contributed by atoms with van der Waals surface area (Å²) in [5.41, 5.74) is 2.26. The SMILES string of the molecule is CC(CNC(=O)c1cccc(NC(=O)CSc2nncn2C)c1)c1ccccc1. The smallest absolute Gasteiger partial charge is 0.251 e. The standard InChI is InChI=1S/C21H23N5O2S/c1-15(16-7-4-3-5-8-16)12-22-20(28)17-9-6-10-18(11-17)24-19(27)13-29-21-25-23-14-26(21)2/h3-11,14-15H,12-13H2,1-2H3,(H,22,28)(H,24,27). The molecule has 2 N–H and O–H groups in total. The van der Waals surface area contributed by atoms with Crippen molar-refractivity contribution in [2.24, 2.45) is 7.05 Å². The lowest BCUT2D eigenvalue weighted by Gasteiger charge is -2.13. The van der Waals surface area contributed by atoms with E-state index in [0.717, 1.165) is 0 Å². The van der Waals surface area contributed by atoms with Crippen LogP contribution in [0, 0.1) is 0 Å². The van der Waals surface area contributed by atoms with Crippen LogP contribution in [0.5, 0.6) is 0 Å². The van der Waals surface area contributed by atoms with E-state index >= 15 is 0 Å². The summed E-state index contributed by atoms with van der Waals surface area (Å²) in [7, 11) is 1.82. The van der Waals surface area contributed by atoms with E-state index in [-0.39, 0.29) is 23.5 Å². The number of nitrogens with one attached hydrogen (secondary N) is 2. The van der Waals surface area contributed by atoms with E-state index in [0.29, 0.717) is 23.0 Å². The molecule has 8 heteroatoms. The summed E-state index contributed by atoms with van der Waals surface area (Å²) < 4.78 is 1.75. The second-order valence-corrected chi connectivity index (χ2v) is 7.61. The lowest BCUT2D eigenvalue weighted by Crippen LogP contribution is -2.27. The Morgan fingerprint density at radius 2 is 1.93 bits per heavy atom. The van der Waals surface area contributed by atoms with E-state index in [1.165, 1.54) is 17.3 Å². The first-order chi connectivity index (χ1) is 14.0. The number of nitrogens with zero attached hydrogens (tertiary/aromatic N) is 3. The number of anilines is 1. The number of aromatic nitrogens is 3. The molecule has 1 aromatic heterocycles. The molecule has 0 fully saturated rings. The Morgan fingerprint density at radius 3 is 2.66 bits per heavy atom. The molecule has 29 heavy (non-hydrogen) atoms. The van der Waals surface area contributed by atoms with Gasteiger partial charge in [0.2, 0.25) is 5.91 Å². The number of carbonyl (C=O) groups is 2. The first-order valence-electron chi connectivity index (χ1n) is 9.23. The number of benzene rings is 2. The van der Waals surface area contributed by atoms with Crippen molar-refractivity contribution in [3.8, 4) is 0 Å². The molecule has 0 aliphatic heterocycles. The summed E-state index contributed by atoms with van der Waals surface area (Å²) in [4.78, 5) is 24.7. The van der Waals surface area contributed by atoms with Gasteiger partial charge in [0.15, 0.2) is 5.16 Å². The zero-order valence-electron chi connectivity index (χ0n) is 16.3. The summed E-state index contributed by atoms with van der Waals surface area (Å²) in [5.74, 6) is 0.0728. The van der Waals surface area contributed by atoms with E-state index in [4.69, 9.17) is 0 Å². The van der Waals surface area contributed by atoms with E-state index < -0.39 is 0 Å². The van der Waals surface area contributed by atoms with Gasteiger partial charge in [-0.2, -0.15) is 0 Å². The molecule has 3 rings (SSSR count). The van der Waals surface area contributed by atoms with Crippen molar-refractivity contribution in [1.82, 2.24) is 20.1 Å². The van der Waals surface area contributed by atoms with Gasteiger partial charge in [-0.15, -0.1) is 10.2 Å². The molecule has 3 aromatic rings. The van der Waals surface area contributed by atoms with Crippen molar-refractivity contribution in [3.63, 3.8) is 0 Å². The third-order valence-corrected chi connectivity index (χ3v) is 5.38. The van der Waals surface area contributed by atoms with Crippen LogP contribution in [0.3, 0.4) is 0 Å². The lowest BCUT2D eigenvalue weighted by molar-refractivity contribution is -0.113. The molecule has 150 valence electrons. The molecule has 1 unspecified atom stereocenters. The van der Waals surface area contributed by atoms with Crippen LogP contribution in [-0.4, -0.2) is 38.9 Å². The maximum Gasteiger partial charge on any atom is 0.251 e. The van der Waals surface area contributed by atoms with Gasteiger partial charge >= 0.3 is 0 Å². The molecular formula is C21H23N5O2S. The molecule has 0 bridgehead atoms. The van der Waals surface area contributed by atoms with Gasteiger partial charge in [-0.25, -0.2) is 0 Å². The first kappa shape index (κ1) is 20.6. The number of thioether (sulfide) groups is 1. The van der Waals surface area contributed by atoms with Crippen molar-refractivity contribution in [2.45, 2.75) is 18.0 Å². The Kier molecular flexibility index (Phi) is 7.02. The van der Waals surface area contributed by atoms with Gasteiger partial charge in [0.05, 0.1) is 5.75 Å². The molecule has 0 spiro atoms. The largest absolute Gasteiger partial charge is 0.351 e. The molecule has 2 aromatic carbocycles. The number of hydrogen-bond donors (Lipinski definition) is 2. The van der Waals surface area contributed by atoms with E-state index in [9.17, 15) is 9.59 Å². The molecule has 7 nitrogen and oxygen atoms in total. The number of carbonyl (C=O) groups excluding carboxylic acids is 2. The third-order valence-electron chi connectivity index (χ3n) is 4.35. The second kappa shape index (κ2) is 9.88. The monoisotopic (exact) mass is 409 g/mol. The number of amides is 2. The zero-order valence-corrected chi connectivity index (χ0v) is 17.1. The summed E-state index contributed by atoms with van der Waals surface area (Å²) in [5, 5.41) is 14.1. The van der Waals surface area contributed by atoms with Gasteiger partial charge in [-0.3, -0.25) is 9.59 Å². The van der Waals surface area contributed by atoms with Gasteiger partial charge < -0.3 is 15.2 Å². The van der Waals surface area contributed by atoms with Gasteiger partial charge in [-0.05, 0) is 29.7 Å². The molecule has 1 heterocycles.